The van der Waals surface area contributed by atoms with Crippen LogP contribution in [0.4, 0.5) is 13.2 Å². The Morgan fingerprint density at radius 3 is 2.47 bits per heavy atom. The topological polar surface area (TPSA) is 48.3 Å². The van der Waals surface area contributed by atoms with Crippen LogP contribution in [0, 0.1) is 5.82 Å². The van der Waals surface area contributed by atoms with Crippen molar-refractivity contribution in [2.75, 3.05) is 7.11 Å². The fourth-order valence-corrected chi connectivity index (χ4v) is 5.69. The molecule has 1 aliphatic carbocycles. The first-order chi connectivity index (χ1) is 14.3. The van der Waals surface area contributed by atoms with E-state index in [1.807, 2.05) is 0 Å². The Morgan fingerprint density at radius 1 is 1.07 bits per heavy atom. The minimum Gasteiger partial charge on any atom is -0.496 e. The molecule has 0 saturated heterocycles. The highest BCUT2D eigenvalue weighted by Gasteiger charge is 2.27. The summed E-state index contributed by atoms with van der Waals surface area (Å²) in [4.78, 5) is -0.0362. The molecule has 4 nitrogen and oxygen atoms in total. The van der Waals surface area contributed by atoms with Gasteiger partial charge in [0.25, 0.3) is 16.4 Å². The number of hydrogen-bond acceptors (Lipinski definition) is 3. The number of aromatic nitrogens is 1. The van der Waals surface area contributed by atoms with Crippen LogP contribution in [0.15, 0.2) is 47.5 Å². The molecule has 3 aromatic rings. The van der Waals surface area contributed by atoms with Gasteiger partial charge in [-0.1, -0.05) is 19.3 Å². The van der Waals surface area contributed by atoms with E-state index < -0.39 is 27.8 Å². The van der Waals surface area contributed by atoms with E-state index >= 15 is 0 Å². The van der Waals surface area contributed by atoms with Crippen LogP contribution in [0.5, 0.6) is 5.75 Å². The van der Waals surface area contributed by atoms with Gasteiger partial charge in [-0.05, 0) is 60.7 Å². The molecule has 1 aromatic heterocycles. The zero-order chi connectivity index (χ0) is 21.5. The average Bonchev–Trinajstić information content (AvgIpc) is 3.13. The Labute approximate surface area is 173 Å². The number of benzene rings is 2. The Bertz CT molecular complexity index is 1180. The van der Waals surface area contributed by atoms with Crippen molar-refractivity contribution in [2.45, 2.75) is 49.3 Å². The largest absolute Gasteiger partial charge is 0.496 e. The lowest BCUT2D eigenvalue weighted by Crippen LogP contribution is -2.14. The van der Waals surface area contributed by atoms with Crippen molar-refractivity contribution in [2.24, 2.45) is 0 Å². The number of nitrogens with zero attached hydrogens (tertiary/aromatic N) is 1. The molecule has 8 heteroatoms. The molecule has 0 atom stereocenters. The summed E-state index contributed by atoms with van der Waals surface area (Å²) < 4.78 is 73.7. The van der Waals surface area contributed by atoms with Gasteiger partial charge >= 0.3 is 0 Å². The van der Waals surface area contributed by atoms with Crippen molar-refractivity contribution in [1.29, 1.82) is 0 Å². The summed E-state index contributed by atoms with van der Waals surface area (Å²) in [5, 5.41) is 0.0102. The predicted molar refractivity (Wildman–Crippen MR) is 108 cm³/mol. The van der Waals surface area contributed by atoms with E-state index in [1.54, 1.807) is 12.1 Å². The Kier molecular flexibility index (Phi) is 5.53. The van der Waals surface area contributed by atoms with Crippen molar-refractivity contribution >= 4 is 20.9 Å². The van der Waals surface area contributed by atoms with Crippen LogP contribution in [0.3, 0.4) is 0 Å². The van der Waals surface area contributed by atoms with Gasteiger partial charge < -0.3 is 4.74 Å². The van der Waals surface area contributed by atoms with E-state index in [-0.39, 0.29) is 21.7 Å². The predicted octanol–water partition coefficient (Wildman–Crippen LogP) is 6.01. The van der Waals surface area contributed by atoms with Crippen molar-refractivity contribution in [3.8, 4) is 5.75 Å². The fraction of sp³-hybridized carbons (Fsp3) is 0.364. The lowest BCUT2D eigenvalue weighted by Gasteiger charge is -2.24. The molecule has 0 bridgehead atoms. The molecule has 1 aliphatic rings. The van der Waals surface area contributed by atoms with E-state index in [2.05, 4.69) is 0 Å². The van der Waals surface area contributed by atoms with Gasteiger partial charge in [0.05, 0.1) is 17.5 Å². The van der Waals surface area contributed by atoms with E-state index in [4.69, 9.17) is 4.74 Å². The van der Waals surface area contributed by atoms with Crippen LogP contribution in [0.25, 0.3) is 10.9 Å². The van der Waals surface area contributed by atoms with Crippen LogP contribution in [0.2, 0.25) is 0 Å². The smallest absolute Gasteiger partial charge is 0.268 e. The first kappa shape index (κ1) is 20.8. The standard InChI is InChI=1S/C22H22F3NO3S/c1-29-21-10-8-16(12-18(21)14-5-3-2-4-6-14)30(27,28)26-13-19(22(24)25)17-9-7-15(23)11-20(17)26/h7-14,22H,2-6H2,1H3. The van der Waals surface area contributed by atoms with Gasteiger partial charge in [0, 0.05) is 17.1 Å². The highest BCUT2D eigenvalue weighted by molar-refractivity contribution is 7.90. The van der Waals surface area contributed by atoms with Crippen molar-refractivity contribution < 1.29 is 26.3 Å². The maximum absolute atomic E-state index is 13.8. The number of methoxy groups -OCH3 is 1. The quantitative estimate of drug-likeness (QED) is 0.491. The minimum absolute atomic E-state index is 0.0102. The maximum atomic E-state index is 13.8. The summed E-state index contributed by atoms with van der Waals surface area (Å²) in [6.07, 6.45) is 3.14. The zero-order valence-electron chi connectivity index (χ0n) is 16.4. The Balaban J connectivity index is 1.87. The van der Waals surface area contributed by atoms with Crippen LogP contribution in [-0.2, 0) is 10.0 Å². The van der Waals surface area contributed by atoms with E-state index in [0.717, 1.165) is 60.0 Å². The molecule has 0 N–H and O–H groups in total. The van der Waals surface area contributed by atoms with E-state index in [0.29, 0.717) is 5.75 Å². The third-order valence-electron chi connectivity index (χ3n) is 5.80. The van der Waals surface area contributed by atoms with Gasteiger partial charge in [-0.15, -0.1) is 0 Å². The highest BCUT2D eigenvalue weighted by Crippen LogP contribution is 2.39. The summed E-state index contributed by atoms with van der Waals surface area (Å²) in [5.41, 5.74) is 0.241. The molecular formula is C22H22F3NO3S. The molecule has 0 amide bonds. The molecule has 1 heterocycles. The Morgan fingerprint density at radius 2 is 1.80 bits per heavy atom. The first-order valence-electron chi connectivity index (χ1n) is 9.85. The summed E-state index contributed by atoms with van der Waals surface area (Å²) in [5.74, 6) is 0.0901. The summed E-state index contributed by atoms with van der Waals surface area (Å²) in [6.45, 7) is 0. The van der Waals surface area contributed by atoms with Gasteiger partial charge in [0.2, 0.25) is 0 Å². The number of halogens is 3. The Hall–Kier alpha value is -2.48. The molecule has 1 saturated carbocycles. The van der Waals surface area contributed by atoms with Gasteiger partial charge in [-0.2, -0.15) is 0 Å². The number of fused-ring (bicyclic) bond motifs is 1. The second-order valence-electron chi connectivity index (χ2n) is 7.59. The minimum atomic E-state index is -4.22. The first-order valence-corrected chi connectivity index (χ1v) is 11.3. The number of rotatable bonds is 5. The fourth-order valence-electron chi connectivity index (χ4n) is 4.29. The van der Waals surface area contributed by atoms with Crippen molar-refractivity contribution in [3.05, 3.63) is 59.5 Å². The molecule has 0 aliphatic heterocycles. The third-order valence-corrected chi connectivity index (χ3v) is 7.47. The molecule has 4 rings (SSSR count). The number of ether oxygens (including phenoxy) is 1. The second kappa shape index (κ2) is 7.98. The molecule has 0 unspecified atom stereocenters. The monoisotopic (exact) mass is 437 g/mol. The molecule has 0 radical (unpaired) electrons. The lowest BCUT2D eigenvalue weighted by molar-refractivity contribution is 0.153. The normalized spacial score (nSPS) is 15.8. The summed E-state index contributed by atoms with van der Waals surface area (Å²) in [7, 11) is -2.69. The molecule has 160 valence electrons. The number of hydrogen-bond donors (Lipinski definition) is 0. The maximum Gasteiger partial charge on any atom is 0.268 e. The van der Waals surface area contributed by atoms with Gasteiger partial charge in [0.15, 0.2) is 0 Å². The van der Waals surface area contributed by atoms with Crippen LogP contribution >= 0.6 is 0 Å². The van der Waals surface area contributed by atoms with Crippen molar-refractivity contribution in [1.82, 2.24) is 3.97 Å². The zero-order valence-corrected chi connectivity index (χ0v) is 17.3. The number of alkyl halides is 2. The van der Waals surface area contributed by atoms with Gasteiger partial charge in [-0.3, -0.25) is 0 Å². The van der Waals surface area contributed by atoms with Crippen LogP contribution in [0.1, 0.15) is 55.6 Å². The van der Waals surface area contributed by atoms with Crippen LogP contribution < -0.4 is 4.74 Å². The summed E-state index contributed by atoms with van der Waals surface area (Å²) in [6, 6.07) is 7.74. The van der Waals surface area contributed by atoms with Gasteiger partial charge in [0.1, 0.15) is 11.6 Å². The molecule has 0 spiro atoms. The SMILES string of the molecule is COc1ccc(S(=O)(=O)n2cc(C(F)F)c3ccc(F)cc32)cc1C1CCCCC1. The average molecular weight is 437 g/mol. The van der Waals surface area contributed by atoms with E-state index in [1.165, 1.54) is 19.2 Å². The van der Waals surface area contributed by atoms with Gasteiger partial charge in [-0.25, -0.2) is 25.6 Å². The third kappa shape index (κ3) is 3.57. The van der Waals surface area contributed by atoms with E-state index in [9.17, 15) is 21.6 Å². The van der Waals surface area contributed by atoms with Crippen molar-refractivity contribution in [3.63, 3.8) is 0 Å². The molecule has 30 heavy (non-hydrogen) atoms. The van der Waals surface area contributed by atoms with Crippen LogP contribution in [-0.4, -0.2) is 19.5 Å². The molecule has 2 aromatic carbocycles. The molecule has 1 fully saturated rings. The second-order valence-corrected chi connectivity index (χ2v) is 9.40. The lowest BCUT2D eigenvalue weighted by atomic mass is 9.84. The molecular weight excluding hydrogens is 415 g/mol. The highest BCUT2D eigenvalue weighted by atomic mass is 32.2. The summed E-state index contributed by atoms with van der Waals surface area (Å²) >= 11 is 0.